The summed E-state index contributed by atoms with van der Waals surface area (Å²) in [5, 5.41) is 9.08. The maximum atomic E-state index is 9.08. The molecular formula is C17H17N3O. The monoisotopic (exact) mass is 279 g/mol. The zero-order chi connectivity index (χ0) is 14.3. The summed E-state index contributed by atoms with van der Waals surface area (Å²) >= 11 is 0. The molecule has 1 atom stereocenters. The van der Waals surface area contributed by atoms with Crippen molar-refractivity contribution in [2.24, 2.45) is 0 Å². The van der Waals surface area contributed by atoms with Crippen molar-refractivity contribution in [1.29, 1.82) is 5.26 Å². The fourth-order valence-corrected chi connectivity index (χ4v) is 3.67. The van der Waals surface area contributed by atoms with Gasteiger partial charge in [-0.15, -0.1) is 0 Å². The van der Waals surface area contributed by atoms with Crippen molar-refractivity contribution in [2.75, 3.05) is 13.1 Å². The van der Waals surface area contributed by atoms with E-state index in [1.165, 1.54) is 5.56 Å². The van der Waals surface area contributed by atoms with E-state index in [1.54, 1.807) is 0 Å². The molecule has 0 amide bonds. The van der Waals surface area contributed by atoms with Gasteiger partial charge in [-0.1, -0.05) is 18.2 Å². The smallest absolute Gasteiger partial charge is 0.179 e. The van der Waals surface area contributed by atoms with Crippen molar-refractivity contribution in [2.45, 2.75) is 24.5 Å². The van der Waals surface area contributed by atoms with Crippen LogP contribution in [0.5, 0.6) is 5.75 Å². The second kappa shape index (κ2) is 4.56. The Morgan fingerprint density at radius 3 is 2.52 bits per heavy atom. The Labute approximate surface area is 124 Å². The summed E-state index contributed by atoms with van der Waals surface area (Å²) < 4.78 is 8.65. The molecule has 4 rings (SSSR count). The van der Waals surface area contributed by atoms with E-state index in [9.17, 15) is 0 Å². The van der Waals surface area contributed by atoms with Crippen LogP contribution < -0.4 is 4.74 Å². The van der Waals surface area contributed by atoms with Crippen LogP contribution in [0.4, 0.5) is 0 Å². The standard InChI is InChI=1S/C17H17N3O/c18-13-19-11-7-17(8-12-19)16(20-9-3-4-10-20)14-5-1-2-6-15(14)21-17/h1-6,9-10,16H,7-8,11-12H2/t16-/m1/s1. The molecule has 0 N–H and O–H groups in total. The molecule has 2 aliphatic heterocycles. The van der Waals surface area contributed by atoms with Gasteiger partial charge in [0.05, 0.1) is 0 Å². The number of aromatic nitrogens is 1. The van der Waals surface area contributed by atoms with Crippen LogP contribution in [0.1, 0.15) is 24.4 Å². The van der Waals surface area contributed by atoms with Crippen molar-refractivity contribution < 1.29 is 4.74 Å². The number of hydrogen-bond acceptors (Lipinski definition) is 3. The first kappa shape index (κ1) is 12.3. The van der Waals surface area contributed by atoms with E-state index in [-0.39, 0.29) is 11.6 Å². The van der Waals surface area contributed by atoms with Crippen molar-refractivity contribution in [3.8, 4) is 11.9 Å². The minimum absolute atomic E-state index is 0.199. The van der Waals surface area contributed by atoms with Gasteiger partial charge in [0.25, 0.3) is 0 Å². The lowest BCUT2D eigenvalue weighted by molar-refractivity contribution is 0.00544. The number of para-hydroxylation sites is 1. The second-order valence-corrected chi connectivity index (χ2v) is 5.82. The number of nitrogens with zero attached hydrogens (tertiary/aromatic N) is 3. The highest BCUT2D eigenvalue weighted by Gasteiger charge is 2.50. The van der Waals surface area contributed by atoms with Gasteiger partial charge in [0, 0.05) is 43.9 Å². The van der Waals surface area contributed by atoms with E-state index in [2.05, 4.69) is 53.5 Å². The Hall–Kier alpha value is -2.41. The number of likely N-dealkylation sites (tertiary alicyclic amines) is 1. The molecule has 4 heteroatoms. The molecule has 1 aromatic carbocycles. The molecule has 3 heterocycles. The number of fused-ring (bicyclic) bond motifs is 1. The fourth-order valence-electron chi connectivity index (χ4n) is 3.67. The SMILES string of the molecule is N#CN1CCC2(CC1)Oc1ccccc1[C@H]2n1cccc1. The average Bonchev–Trinajstić information content (AvgIpc) is 3.13. The average molecular weight is 279 g/mol. The number of benzene rings is 1. The van der Waals surface area contributed by atoms with E-state index >= 15 is 0 Å². The molecule has 0 aliphatic carbocycles. The maximum absolute atomic E-state index is 9.08. The summed E-state index contributed by atoms with van der Waals surface area (Å²) in [4.78, 5) is 1.82. The third-order valence-electron chi connectivity index (χ3n) is 4.70. The highest BCUT2D eigenvalue weighted by Crippen LogP contribution is 2.50. The Balaban J connectivity index is 1.77. The Morgan fingerprint density at radius 1 is 1.10 bits per heavy atom. The van der Waals surface area contributed by atoms with Crippen LogP contribution in [-0.2, 0) is 0 Å². The first-order valence-electron chi connectivity index (χ1n) is 7.37. The number of rotatable bonds is 1. The Kier molecular flexibility index (Phi) is 2.68. The molecule has 21 heavy (non-hydrogen) atoms. The van der Waals surface area contributed by atoms with E-state index in [4.69, 9.17) is 10.00 Å². The predicted molar refractivity (Wildman–Crippen MR) is 78.8 cm³/mol. The number of piperidine rings is 1. The van der Waals surface area contributed by atoms with Crippen LogP contribution >= 0.6 is 0 Å². The predicted octanol–water partition coefficient (Wildman–Crippen LogP) is 2.79. The van der Waals surface area contributed by atoms with Gasteiger partial charge >= 0.3 is 0 Å². The van der Waals surface area contributed by atoms with Crippen molar-refractivity contribution in [3.05, 3.63) is 54.4 Å². The minimum Gasteiger partial charge on any atom is -0.484 e. The minimum atomic E-state index is -0.226. The summed E-state index contributed by atoms with van der Waals surface area (Å²) in [6, 6.07) is 12.6. The number of hydrogen-bond donors (Lipinski definition) is 0. The molecule has 4 nitrogen and oxygen atoms in total. The zero-order valence-electron chi connectivity index (χ0n) is 11.8. The van der Waals surface area contributed by atoms with Gasteiger partial charge in [0.2, 0.25) is 0 Å². The van der Waals surface area contributed by atoms with Crippen molar-refractivity contribution in [1.82, 2.24) is 9.47 Å². The topological polar surface area (TPSA) is 41.2 Å². The molecule has 0 saturated carbocycles. The van der Waals surface area contributed by atoms with Crippen LogP contribution in [0.2, 0.25) is 0 Å². The second-order valence-electron chi connectivity index (χ2n) is 5.82. The lowest BCUT2D eigenvalue weighted by Gasteiger charge is -2.40. The molecular weight excluding hydrogens is 262 g/mol. The highest BCUT2D eigenvalue weighted by molar-refractivity contribution is 5.43. The van der Waals surface area contributed by atoms with Crippen molar-refractivity contribution in [3.63, 3.8) is 0 Å². The van der Waals surface area contributed by atoms with Crippen LogP contribution in [-0.4, -0.2) is 28.2 Å². The first-order valence-corrected chi connectivity index (χ1v) is 7.37. The molecule has 1 fully saturated rings. The molecule has 1 saturated heterocycles. The maximum Gasteiger partial charge on any atom is 0.179 e. The summed E-state index contributed by atoms with van der Waals surface area (Å²) in [6.45, 7) is 1.53. The summed E-state index contributed by atoms with van der Waals surface area (Å²) in [5.74, 6) is 0.988. The van der Waals surface area contributed by atoms with Gasteiger partial charge < -0.3 is 14.2 Å². The van der Waals surface area contributed by atoms with Crippen LogP contribution in [0.25, 0.3) is 0 Å². The van der Waals surface area contributed by atoms with Crippen LogP contribution in [0.3, 0.4) is 0 Å². The van der Waals surface area contributed by atoms with E-state index in [1.807, 2.05) is 11.0 Å². The van der Waals surface area contributed by atoms with Gasteiger partial charge in [-0.05, 0) is 18.2 Å². The van der Waals surface area contributed by atoms with Crippen molar-refractivity contribution >= 4 is 0 Å². The summed E-state index contributed by atoms with van der Waals surface area (Å²) in [5.41, 5.74) is 1.02. The van der Waals surface area contributed by atoms with Gasteiger partial charge in [0.15, 0.2) is 6.19 Å². The molecule has 2 aliphatic rings. The lowest BCUT2D eigenvalue weighted by Crippen LogP contribution is -2.49. The molecule has 1 spiro atoms. The van der Waals surface area contributed by atoms with Crippen LogP contribution in [0, 0.1) is 11.5 Å². The molecule has 0 unspecified atom stereocenters. The fraction of sp³-hybridized carbons (Fsp3) is 0.353. The first-order chi connectivity index (χ1) is 10.3. The molecule has 0 bridgehead atoms. The van der Waals surface area contributed by atoms with Gasteiger partial charge in [-0.3, -0.25) is 0 Å². The highest BCUT2D eigenvalue weighted by atomic mass is 16.5. The Morgan fingerprint density at radius 2 is 1.81 bits per heavy atom. The zero-order valence-corrected chi connectivity index (χ0v) is 11.8. The molecule has 2 aromatic rings. The summed E-state index contributed by atoms with van der Waals surface area (Å²) in [7, 11) is 0. The van der Waals surface area contributed by atoms with Gasteiger partial charge in [0.1, 0.15) is 17.4 Å². The number of ether oxygens (including phenoxy) is 1. The normalized spacial score (nSPS) is 22.6. The lowest BCUT2D eigenvalue weighted by atomic mass is 9.82. The number of nitriles is 1. The third kappa shape index (κ3) is 1.81. The van der Waals surface area contributed by atoms with Crippen LogP contribution in [0.15, 0.2) is 48.8 Å². The largest absolute Gasteiger partial charge is 0.484 e. The van der Waals surface area contributed by atoms with Gasteiger partial charge in [-0.2, -0.15) is 5.26 Å². The van der Waals surface area contributed by atoms with E-state index in [0.29, 0.717) is 0 Å². The van der Waals surface area contributed by atoms with E-state index < -0.39 is 0 Å². The third-order valence-corrected chi connectivity index (χ3v) is 4.70. The van der Waals surface area contributed by atoms with Gasteiger partial charge in [-0.25, -0.2) is 0 Å². The summed E-state index contributed by atoms with van der Waals surface area (Å²) in [6.07, 6.45) is 8.21. The molecule has 0 radical (unpaired) electrons. The Bertz CT molecular complexity index is 678. The quantitative estimate of drug-likeness (QED) is 0.754. The molecule has 1 aromatic heterocycles. The van der Waals surface area contributed by atoms with E-state index in [0.717, 1.165) is 31.7 Å². The molecule has 106 valence electrons.